The third kappa shape index (κ3) is 6.78. The smallest absolute Gasteiger partial charge is 0.303 e. The van der Waals surface area contributed by atoms with Gasteiger partial charge in [0.2, 0.25) is 5.91 Å². The van der Waals surface area contributed by atoms with Crippen molar-refractivity contribution in [3.05, 3.63) is 35.4 Å². The molecule has 1 unspecified atom stereocenters. The third-order valence-corrected chi connectivity index (χ3v) is 3.79. The maximum atomic E-state index is 13.7. The van der Waals surface area contributed by atoms with Crippen molar-refractivity contribution in [2.24, 2.45) is 5.92 Å². The molecular formula is C18H24F2N2O4. The van der Waals surface area contributed by atoms with E-state index >= 15 is 0 Å². The number of nitrogens with one attached hydrogen (secondary N) is 2. The minimum absolute atomic E-state index is 0.0762. The quantitative estimate of drug-likeness (QED) is 0.552. The normalized spacial score (nSPS) is 11.9. The van der Waals surface area contributed by atoms with Crippen LogP contribution in [0.4, 0.5) is 8.78 Å². The molecule has 1 rings (SSSR count). The number of carboxylic acid groups (broad SMARTS) is 1. The van der Waals surface area contributed by atoms with Crippen LogP contribution < -0.4 is 10.6 Å². The predicted octanol–water partition coefficient (Wildman–Crippen LogP) is 2.48. The van der Waals surface area contributed by atoms with Gasteiger partial charge >= 0.3 is 5.97 Å². The summed E-state index contributed by atoms with van der Waals surface area (Å²) in [7, 11) is 0. The second kappa shape index (κ2) is 10.5. The first-order valence-corrected chi connectivity index (χ1v) is 8.48. The molecule has 0 spiro atoms. The van der Waals surface area contributed by atoms with Gasteiger partial charge in [0.1, 0.15) is 23.2 Å². The van der Waals surface area contributed by atoms with Gasteiger partial charge in [0.15, 0.2) is 0 Å². The van der Waals surface area contributed by atoms with Crippen molar-refractivity contribution < 1.29 is 28.3 Å². The SMILES string of the molecule is CC(C)C(NC(=O)c1c(F)cccc1F)C(=O)NCCCCCC(=O)O. The summed E-state index contributed by atoms with van der Waals surface area (Å²) in [6.45, 7) is 3.73. The number of hydrogen-bond acceptors (Lipinski definition) is 3. The Balaban J connectivity index is 2.58. The van der Waals surface area contributed by atoms with Crippen LogP contribution >= 0.6 is 0 Å². The average molecular weight is 370 g/mol. The van der Waals surface area contributed by atoms with Crippen LogP contribution in [0, 0.1) is 17.6 Å². The van der Waals surface area contributed by atoms with E-state index in [2.05, 4.69) is 10.6 Å². The number of aliphatic carboxylic acids is 1. The molecule has 0 aliphatic heterocycles. The Morgan fingerprint density at radius 2 is 1.69 bits per heavy atom. The number of rotatable bonds is 10. The van der Waals surface area contributed by atoms with Gasteiger partial charge in [-0.05, 0) is 30.9 Å². The van der Waals surface area contributed by atoms with E-state index < -0.39 is 41.0 Å². The Hall–Kier alpha value is -2.51. The highest BCUT2D eigenvalue weighted by atomic mass is 19.1. The lowest BCUT2D eigenvalue weighted by Crippen LogP contribution is -2.50. The maximum Gasteiger partial charge on any atom is 0.303 e. The molecule has 0 aromatic heterocycles. The van der Waals surface area contributed by atoms with E-state index in [1.807, 2.05) is 0 Å². The van der Waals surface area contributed by atoms with E-state index in [1.54, 1.807) is 13.8 Å². The van der Waals surface area contributed by atoms with Gasteiger partial charge in [-0.2, -0.15) is 0 Å². The molecule has 2 amide bonds. The average Bonchev–Trinajstić information content (AvgIpc) is 2.54. The molecule has 0 bridgehead atoms. The van der Waals surface area contributed by atoms with Crippen LogP contribution in [0.5, 0.6) is 0 Å². The van der Waals surface area contributed by atoms with Crippen LogP contribution in [-0.2, 0) is 9.59 Å². The highest BCUT2D eigenvalue weighted by Crippen LogP contribution is 2.13. The van der Waals surface area contributed by atoms with Gasteiger partial charge in [-0.15, -0.1) is 0 Å². The van der Waals surface area contributed by atoms with E-state index in [-0.39, 0.29) is 12.3 Å². The molecule has 1 atom stereocenters. The zero-order valence-corrected chi connectivity index (χ0v) is 14.9. The number of benzene rings is 1. The van der Waals surface area contributed by atoms with Gasteiger partial charge in [0, 0.05) is 13.0 Å². The van der Waals surface area contributed by atoms with Crippen molar-refractivity contribution in [2.45, 2.75) is 45.6 Å². The first kappa shape index (κ1) is 21.5. The molecule has 1 aromatic rings. The Labute approximate surface area is 151 Å². The number of halogens is 2. The molecule has 0 radical (unpaired) electrons. The van der Waals surface area contributed by atoms with E-state index in [1.165, 1.54) is 0 Å². The van der Waals surface area contributed by atoms with Crippen LogP contribution in [0.15, 0.2) is 18.2 Å². The molecule has 144 valence electrons. The van der Waals surface area contributed by atoms with Crippen LogP contribution in [0.3, 0.4) is 0 Å². The first-order chi connectivity index (χ1) is 12.2. The van der Waals surface area contributed by atoms with Crippen molar-refractivity contribution in [2.75, 3.05) is 6.54 Å². The Kier molecular flexibility index (Phi) is 8.67. The van der Waals surface area contributed by atoms with E-state index in [0.717, 1.165) is 18.2 Å². The summed E-state index contributed by atoms with van der Waals surface area (Å²) in [5, 5.41) is 13.6. The van der Waals surface area contributed by atoms with Crippen molar-refractivity contribution in [3.63, 3.8) is 0 Å². The van der Waals surface area contributed by atoms with Gasteiger partial charge in [-0.3, -0.25) is 14.4 Å². The van der Waals surface area contributed by atoms with Gasteiger partial charge in [-0.1, -0.05) is 26.3 Å². The Bertz CT molecular complexity index is 630. The largest absolute Gasteiger partial charge is 0.481 e. The standard InChI is InChI=1S/C18H24F2N2O4/c1-11(2)16(18(26)21-10-5-3-4-9-14(23)24)22-17(25)15-12(19)7-6-8-13(15)20/h6-8,11,16H,3-5,9-10H2,1-2H3,(H,21,26)(H,22,25)(H,23,24). The maximum absolute atomic E-state index is 13.7. The van der Waals surface area contributed by atoms with Gasteiger partial charge in [0.25, 0.3) is 5.91 Å². The Morgan fingerprint density at radius 1 is 1.08 bits per heavy atom. The van der Waals surface area contributed by atoms with Crippen LogP contribution in [0.2, 0.25) is 0 Å². The number of carboxylic acids is 1. The molecule has 0 saturated carbocycles. The monoisotopic (exact) mass is 370 g/mol. The van der Waals surface area contributed by atoms with Crippen molar-refractivity contribution in [1.29, 1.82) is 0 Å². The molecule has 8 heteroatoms. The lowest BCUT2D eigenvalue weighted by atomic mass is 10.0. The lowest BCUT2D eigenvalue weighted by molar-refractivity contribution is -0.137. The minimum Gasteiger partial charge on any atom is -0.481 e. The topological polar surface area (TPSA) is 95.5 Å². The molecule has 0 fully saturated rings. The fourth-order valence-corrected chi connectivity index (χ4v) is 2.36. The Morgan fingerprint density at radius 3 is 2.23 bits per heavy atom. The molecule has 26 heavy (non-hydrogen) atoms. The summed E-state index contributed by atoms with van der Waals surface area (Å²) in [4.78, 5) is 34.8. The zero-order chi connectivity index (χ0) is 19.7. The number of amides is 2. The van der Waals surface area contributed by atoms with Gasteiger partial charge < -0.3 is 15.7 Å². The molecule has 0 aliphatic rings. The number of unbranched alkanes of at least 4 members (excludes halogenated alkanes) is 2. The highest BCUT2D eigenvalue weighted by molar-refractivity contribution is 5.98. The van der Waals surface area contributed by atoms with E-state index in [9.17, 15) is 23.2 Å². The minimum atomic E-state index is -0.996. The summed E-state index contributed by atoms with van der Waals surface area (Å²) in [5.74, 6) is -4.59. The zero-order valence-electron chi connectivity index (χ0n) is 14.9. The molecular weight excluding hydrogens is 346 g/mol. The summed E-state index contributed by atoms with van der Waals surface area (Å²) in [5.41, 5.74) is -0.723. The number of hydrogen-bond donors (Lipinski definition) is 3. The van der Waals surface area contributed by atoms with Crippen LogP contribution in [0.25, 0.3) is 0 Å². The van der Waals surface area contributed by atoms with Gasteiger partial charge in [-0.25, -0.2) is 8.78 Å². The summed E-state index contributed by atoms with van der Waals surface area (Å²) in [6.07, 6.45) is 1.83. The van der Waals surface area contributed by atoms with E-state index in [0.29, 0.717) is 25.8 Å². The fourth-order valence-electron chi connectivity index (χ4n) is 2.36. The molecule has 3 N–H and O–H groups in total. The summed E-state index contributed by atoms with van der Waals surface area (Å²) < 4.78 is 27.4. The van der Waals surface area contributed by atoms with E-state index in [4.69, 9.17) is 5.11 Å². The predicted molar refractivity (Wildman–Crippen MR) is 91.6 cm³/mol. The molecule has 0 heterocycles. The molecule has 0 saturated heterocycles. The van der Waals surface area contributed by atoms with Crippen LogP contribution in [-0.4, -0.2) is 35.5 Å². The molecule has 0 aliphatic carbocycles. The highest BCUT2D eigenvalue weighted by Gasteiger charge is 2.26. The first-order valence-electron chi connectivity index (χ1n) is 8.48. The van der Waals surface area contributed by atoms with Crippen LogP contribution in [0.1, 0.15) is 49.9 Å². The molecule has 6 nitrogen and oxygen atoms in total. The van der Waals surface area contributed by atoms with Crippen molar-refractivity contribution in [1.82, 2.24) is 10.6 Å². The second-order valence-corrected chi connectivity index (χ2v) is 6.29. The van der Waals surface area contributed by atoms with Gasteiger partial charge in [0.05, 0.1) is 0 Å². The third-order valence-electron chi connectivity index (χ3n) is 3.79. The van der Waals surface area contributed by atoms with Crippen molar-refractivity contribution >= 4 is 17.8 Å². The molecule has 1 aromatic carbocycles. The number of carbonyl (C=O) groups excluding carboxylic acids is 2. The number of carbonyl (C=O) groups is 3. The fraction of sp³-hybridized carbons (Fsp3) is 0.500. The summed E-state index contributed by atoms with van der Waals surface area (Å²) in [6, 6.07) is 2.15. The second-order valence-electron chi connectivity index (χ2n) is 6.29. The van der Waals surface area contributed by atoms with Crippen molar-refractivity contribution in [3.8, 4) is 0 Å². The summed E-state index contributed by atoms with van der Waals surface area (Å²) >= 11 is 0. The lowest BCUT2D eigenvalue weighted by Gasteiger charge is -2.22.